The molecule has 0 spiro atoms. The number of rotatable bonds is 1. The van der Waals surface area contributed by atoms with Crippen molar-refractivity contribution in [1.29, 1.82) is 0 Å². The fourth-order valence-electron chi connectivity index (χ4n) is 4.79. The predicted octanol–water partition coefficient (Wildman–Crippen LogP) is 9.65. The van der Waals surface area contributed by atoms with Crippen LogP contribution >= 0.6 is 157 Å². The van der Waals surface area contributed by atoms with Gasteiger partial charge in [0.2, 0.25) is 0 Å². The number of hydrogen-bond donors (Lipinski definition) is 0. The third-order valence-corrected chi connectivity index (χ3v) is 19.4. The molecule has 0 nitrogen and oxygen atoms in total. The molecule has 0 heterocycles. The first-order valence-electron chi connectivity index (χ1n) is 7.46. The predicted molar refractivity (Wildman–Crippen MR) is 138 cm³/mol. The summed E-state index contributed by atoms with van der Waals surface area (Å²) >= 11 is 68.3. The summed E-state index contributed by atoms with van der Waals surface area (Å²) in [6.07, 6.45) is 0. The number of hydrogen-bond acceptors (Lipinski definition) is 0. The monoisotopic (exact) mass is 793 g/mol. The zero-order valence-electron chi connectivity index (χ0n) is 13.1. The zero-order chi connectivity index (χ0) is 21.6. The molecule has 0 amide bonds. The standard InChI is InChI=1S/C16H6Br4Cl8/c1-3-5(13(19)9(23)7(21)11(3,17)15(13,25)26)6-4(2)12(18)8(22)10(24)14(6,20)16(12,27)28/h5-6H,1-2H2. The number of allylic oxidation sites excluding steroid dienone is 6. The molecule has 4 bridgehead atoms. The van der Waals surface area contributed by atoms with E-state index in [0.717, 1.165) is 0 Å². The van der Waals surface area contributed by atoms with Crippen LogP contribution in [0.2, 0.25) is 0 Å². The highest BCUT2D eigenvalue weighted by Crippen LogP contribution is 2.84. The molecule has 0 aromatic heterocycles. The van der Waals surface area contributed by atoms with Crippen molar-refractivity contribution in [2.24, 2.45) is 11.8 Å². The number of alkyl halides is 8. The molecule has 28 heavy (non-hydrogen) atoms. The molecule has 6 atom stereocenters. The Morgan fingerprint density at radius 2 is 0.821 bits per heavy atom. The largest absolute Gasteiger partial charge is 0.162 e. The van der Waals surface area contributed by atoms with Crippen molar-refractivity contribution in [3.8, 4) is 0 Å². The minimum atomic E-state index is -1.51. The topological polar surface area (TPSA) is 0 Å². The van der Waals surface area contributed by atoms with Gasteiger partial charge in [-0.3, -0.25) is 0 Å². The third-order valence-electron chi connectivity index (χ3n) is 6.23. The first-order chi connectivity index (χ1) is 12.4. The Labute approximate surface area is 235 Å². The van der Waals surface area contributed by atoms with Gasteiger partial charge in [-0.1, -0.05) is 170 Å². The lowest BCUT2D eigenvalue weighted by atomic mass is 9.71. The Morgan fingerprint density at radius 1 is 0.571 bits per heavy atom. The van der Waals surface area contributed by atoms with E-state index in [4.69, 9.17) is 92.8 Å². The molecule has 0 aliphatic heterocycles. The zero-order valence-corrected chi connectivity index (χ0v) is 25.5. The third kappa shape index (κ3) is 2.02. The van der Waals surface area contributed by atoms with Gasteiger partial charge in [0.25, 0.3) is 0 Å². The van der Waals surface area contributed by atoms with Gasteiger partial charge in [-0.2, -0.15) is 0 Å². The fourth-order valence-corrected chi connectivity index (χ4v) is 13.1. The summed E-state index contributed by atoms with van der Waals surface area (Å²) in [5, 5.41) is 1.02. The van der Waals surface area contributed by atoms with Gasteiger partial charge in [-0.25, -0.2) is 0 Å². The summed E-state index contributed by atoms with van der Waals surface area (Å²) in [6.45, 7) is 8.49. The van der Waals surface area contributed by atoms with E-state index in [-0.39, 0.29) is 20.1 Å². The smallest absolute Gasteiger partial charge is 0.0976 e. The number of halogens is 12. The maximum atomic E-state index is 6.84. The lowest BCUT2D eigenvalue weighted by Gasteiger charge is -2.44. The van der Waals surface area contributed by atoms with Crippen molar-refractivity contribution >= 4 is 157 Å². The van der Waals surface area contributed by atoms with Crippen molar-refractivity contribution < 1.29 is 0 Å². The second-order valence-corrected chi connectivity index (χ2v) is 16.2. The van der Waals surface area contributed by atoms with Gasteiger partial charge in [0.05, 0.1) is 20.1 Å². The van der Waals surface area contributed by atoms with Crippen LogP contribution in [0, 0.1) is 11.8 Å². The average molecular weight is 801 g/mol. The molecule has 12 heteroatoms. The van der Waals surface area contributed by atoms with E-state index in [1.165, 1.54) is 0 Å². The van der Waals surface area contributed by atoms with Crippen LogP contribution in [0.15, 0.2) is 44.4 Å². The Balaban J connectivity index is 2.04. The van der Waals surface area contributed by atoms with Crippen LogP contribution in [0.4, 0.5) is 0 Å². The highest BCUT2D eigenvalue weighted by atomic mass is 79.9. The van der Waals surface area contributed by atoms with Gasteiger partial charge in [-0.05, 0) is 11.1 Å². The summed E-state index contributed by atoms with van der Waals surface area (Å²) in [4.78, 5) is 0. The fraction of sp³-hybridized carbons (Fsp3) is 0.500. The van der Waals surface area contributed by atoms with Crippen molar-refractivity contribution in [2.75, 3.05) is 0 Å². The average Bonchev–Trinajstić information content (AvgIpc) is 2.91. The highest BCUT2D eigenvalue weighted by Gasteiger charge is 2.87. The van der Waals surface area contributed by atoms with E-state index in [1.807, 2.05) is 0 Å². The molecule has 2 fully saturated rings. The molecule has 0 aromatic carbocycles. The van der Waals surface area contributed by atoms with Crippen molar-refractivity contribution in [3.63, 3.8) is 0 Å². The van der Waals surface area contributed by atoms with E-state index < -0.39 is 37.8 Å². The van der Waals surface area contributed by atoms with Crippen LogP contribution < -0.4 is 0 Å². The van der Waals surface area contributed by atoms with Crippen LogP contribution in [0.25, 0.3) is 0 Å². The summed E-state index contributed by atoms with van der Waals surface area (Å²) < 4.78 is -7.83. The molecule has 4 rings (SSSR count). The molecule has 4 aliphatic carbocycles. The Kier molecular flexibility index (Phi) is 5.60. The minimum Gasteiger partial charge on any atom is -0.0976 e. The van der Waals surface area contributed by atoms with E-state index in [0.29, 0.717) is 11.1 Å². The summed E-state index contributed by atoms with van der Waals surface area (Å²) in [7, 11) is 0. The Morgan fingerprint density at radius 3 is 1.04 bits per heavy atom. The molecular formula is C16H6Br4Cl8. The molecule has 0 aromatic rings. The van der Waals surface area contributed by atoms with Gasteiger partial charge in [0, 0.05) is 11.8 Å². The van der Waals surface area contributed by atoms with Crippen molar-refractivity contribution in [2.45, 2.75) is 26.0 Å². The van der Waals surface area contributed by atoms with Gasteiger partial charge in [-0.15, -0.1) is 0 Å². The van der Waals surface area contributed by atoms with Crippen LogP contribution in [0.5, 0.6) is 0 Å². The van der Waals surface area contributed by atoms with Crippen LogP contribution in [-0.4, -0.2) is 26.0 Å². The van der Waals surface area contributed by atoms with Gasteiger partial charge >= 0.3 is 0 Å². The minimum absolute atomic E-state index is 0.254. The Hall–Kier alpha value is 3.20. The quantitative estimate of drug-likeness (QED) is 0.183. The molecular weight excluding hydrogens is 795 g/mol. The van der Waals surface area contributed by atoms with Gasteiger partial charge < -0.3 is 0 Å². The van der Waals surface area contributed by atoms with Crippen molar-refractivity contribution in [1.82, 2.24) is 0 Å². The molecule has 4 aliphatic rings. The normalized spacial score (nSPS) is 51.1. The molecule has 6 unspecified atom stereocenters. The van der Waals surface area contributed by atoms with Crippen LogP contribution in [-0.2, 0) is 0 Å². The first kappa shape index (κ1) is 24.3. The van der Waals surface area contributed by atoms with E-state index >= 15 is 0 Å². The maximum Gasteiger partial charge on any atom is 0.162 e. The lowest BCUT2D eigenvalue weighted by Crippen LogP contribution is -2.50. The summed E-state index contributed by atoms with van der Waals surface area (Å²) in [5.41, 5.74) is 1.17. The van der Waals surface area contributed by atoms with Crippen molar-refractivity contribution in [3.05, 3.63) is 44.4 Å². The molecule has 2 saturated carbocycles. The SMILES string of the molecule is C=C1C(C2C(=C)C3(Br)C(Cl)=C(Cl)C2(Br)C3(Cl)Cl)C2(Br)C(Cl)=C(Cl)C1(Br)C2(Cl)Cl. The van der Waals surface area contributed by atoms with E-state index in [9.17, 15) is 0 Å². The molecule has 0 N–H and O–H groups in total. The molecule has 0 saturated heterocycles. The maximum absolute atomic E-state index is 6.84. The molecule has 154 valence electrons. The Bertz CT molecular complexity index is 880. The number of fused-ring (bicyclic) bond motifs is 4. The highest BCUT2D eigenvalue weighted by molar-refractivity contribution is 9.11. The lowest BCUT2D eigenvalue weighted by molar-refractivity contribution is 0.374. The van der Waals surface area contributed by atoms with E-state index in [1.54, 1.807) is 0 Å². The first-order valence-corrected chi connectivity index (χ1v) is 13.7. The second kappa shape index (κ2) is 6.45. The summed E-state index contributed by atoms with van der Waals surface area (Å²) in [6, 6.07) is 0. The van der Waals surface area contributed by atoms with Crippen LogP contribution in [0.1, 0.15) is 0 Å². The van der Waals surface area contributed by atoms with E-state index in [2.05, 4.69) is 76.9 Å². The van der Waals surface area contributed by atoms with Gasteiger partial charge in [0.1, 0.15) is 17.3 Å². The van der Waals surface area contributed by atoms with Gasteiger partial charge in [0.15, 0.2) is 8.67 Å². The molecule has 0 radical (unpaired) electrons. The van der Waals surface area contributed by atoms with Crippen LogP contribution in [0.3, 0.4) is 0 Å². The summed E-state index contributed by atoms with van der Waals surface area (Å²) in [5.74, 6) is -1.09. The second-order valence-electron chi connectivity index (χ2n) is 7.15.